The van der Waals surface area contributed by atoms with Crippen molar-refractivity contribution in [3.63, 3.8) is 0 Å². The van der Waals surface area contributed by atoms with Gasteiger partial charge in [-0.3, -0.25) is 4.79 Å². The van der Waals surface area contributed by atoms with Crippen molar-refractivity contribution in [1.29, 1.82) is 0 Å². The van der Waals surface area contributed by atoms with E-state index in [2.05, 4.69) is 33.6 Å². The van der Waals surface area contributed by atoms with Crippen LogP contribution < -0.4 is 10.1 Å². The van der Waals surface area contributed by atoms with Crippen LogP contribution in [0.1, 0.15) is 42.8 Å². The predicted molar refractivity (Wildman–Crippen MR) is 113 cm³/mol. The molecule has 0 radical (unpaired) electrons. The molecule has 0 atom stereocenters. The fourth-order valence-electron chi connectivity index (χ4n) is 3.11. The standard InChI is InChI=1S/C23H28N4O2/c1-16(2)29-23-14-20(11-12-24-23)15-25-22(28)10-7-19-5-8-21(9-6-19)27-18(4)13-17(3)26-27/h5-6,8-9,11-14,16H,7,10,15H2,1-4H3,(H,25,28). The maximum atomic E-state index is 12.2. The Morgan fingerprint density at radius 2 is 1.86 bits per heavy atom. The highest BCUT2D eigenvalue weighted by atomic mass is 16.5. The molecule has 6 nitrogen and oxygen atoms in total. The summed E-state index contributed by atoms with van der Waals surface area (Å²) < 4.78 is 7.52. The van der Waals surface area contributed by atoms with Crippen molar-refractivity contribution >= 4 is 5.91 Å². The first kappa shape index (κ1) is 20.6. The van der Waals surface area contributed by atoms with Crippen LogP contribution in [-0.4, -0.2) is 26.8 Å². The second-order valence-electron chi connectivity index (χ2n) is 7.45. The Labute approximate surface area is 171 Å². The van der Waals surface area contributed by atoms with Gasteiger partial charge in [0.25, 0.3) is 0 Å². The largest absolute Gasteiger partial charge is 0.475 e. The molecule has 1 N–H and O–H groups in total. The zero-order valence-corrected chi connectivity index (χ0v) is 17.5. The van der Waals surface area contributed by atoms with Crippen LogP contribution >= 0.6 is 0 Å². The van der Waals surface area contributed by atoms with E-state index in [9.17, 15) is 4.79 Å². The third kappa shape index (κ3) is 5.91. The lowest BCUT2D eigenvalue weighted by Gasteiger charge is -2.10. The van der Waals surface area contributed by atoms with E-state index in [1.807, 2.05) is 56.6 Å². The van der Waals surface area contributed by atoms with Crippen LogP contribution in [-0.2, 0) is 17.8 Å². The summed E-state index contributed by atoms with van der Waals surface area (Å²) in [7, 11) is 0. The van der Waals surface area contributed by atoms with Crippen molar-refractivity contribution in [3.8, 4) is 11.6 Å². The fraction of sp³-hybridized carbons (Fsp3) is 0.348. The van der Waals surface area contributed by atoms with Crippen molar-refractivity contribution in [2.75, 3.05) is 0 Å². The van der Waals surface area contributed by atoms with Gasteiger partial charge in [-0.1, -0.05) is 12.1 Å². The van der Waals surface area contributed by atoms with E-state index in [0.29, 0.717) is 25.3 Å². The average molecular weight is 393 g/mol. The summed E-state index contributed by atoms with van der Waals surface area (Å²) in [6, 6.07) is 14.0. The van der Waals surface area contributed by atoms with Gasteiger partial charge in [0, 0.05) is 30.9 Å². The number of rotatable bonds is 8. The zero-order chi connectivity index (χ0) is 20.8. The van der Waals surface area contributed by atoms with E-state index >= 15 is 0 Å². The molecule has 0 saturated heterocycles. The van der Waals surface area contributed by atoms with Gasteiger partial charge < -0.3 is 10.1 Å². The molecule has 0 aliphatic rings. The number of carbonyl (C=O) groups excluding carboxylic acids is 1. The van der Waals surface area contributed by atoms with E-state index in [0.717, 1.165) is 28.2 Å². The Hall–Kier alpha value is -3.15. The van der Waals surface area contributed by atoms with E-state index < -0.39 is 0 Å². The Morgan fingerprint density at radius 3 is 2.52 bits per heavy atom. The zero-order valence-electron chi connectivity index (χ0n) is 17.5. The van der Waals surface area contributed by atoms with Gasteiger partial charge in [0.15, 0.2) is 0 Å². The van der Waals surface area contributed by atoms with E-state index in [1.165, 1.54) is 0 Å². The molecule has 152 valence electrons. The number of carbonyl (C=O) groups is 1. The average Bonchev–Trinajstić information content (AvgIpc) is 3.03. The van der Waals surface area contributed by atoms with Crippen LogP contribution in [0.2, 0.25) is 0 Å². The monoisotopic (exact) mass is 392 g/mol. The molecule has 0 aliphatic carbocycles. The van der Waals surface area contributed by atoms with Crippen molar-refractivity contribution in [2.45, 2.75) is 53.2 Å². The number of aryl methyl sites for hydroxylation is 3. The minimum absolute atomic E-state index is 0.0239. The molecule has 2 aromatic heterocycles. The molecule has 3 rings (SSSR count). The van der Waals surface area contributed by atoms with Crippen LogP contribution in [0.15, 0.2) is 48.7 Å². The smallest absolute Gasteiger partial charge is 0.220 e. The normalized spacial score (nSPS) is 10.9. The van der Waals surface area contributed by atoms with Gasteiger partial charge in [0.1, 0.15) is 0 Å². The molecule has 0 bridgehead atoms. The number of nitrogens with one attached hydrogen (secondary N) is 1. The Kier molecular flexibility index (Phi) is 6.65. The maximum Gasteiger partial charge on any atom is 0.220 e. The molecule has 0 aliphatic heterocycles. The minimum Gasteiger partial charge on any atom is -0.475 e. The highest BCUT2D eigenvalue weighted by Gasteiger charge is 2.07. The molecule has 3 aromatic rings. The molecule has 0 fully saturated rings. The summed E-state index contributed by atoms with van der Waals surface area (Å²) in [5, 5.41) is 7.46. The number of aromatic nitrogens is 3. The van der Waals surface area contributed by atoms with E-state index in [1.54, 1.807) is 6.20 Å². The lowest BCUT2D eigenvalue weighted by Crippen LogP contribution is -2.23. The first-order chi connectivity index (χ1) is 13.9. The lowest BCUT2D eigenvalue weighted by molar-refractivity contribution is -0.121. The van der Waals surface area contributed by atoms with Crippen molar-refractivity contribution in [3.05, 3.63) is 71.2 Å². The topological polar surface area (TPSA) is 69.0 Å². The Morgan fingerprint density at radius 1 is 1.10 bits per heavy atom. The number of hydrogen-bond acceptors (Lipinski definition) is 4. The molecule has 0 unspecified atom stereocenters. The van der Waals surface area contributed by atoms with E-state index in [4.69, 9.17) is 4.74 Å². The second kappa shape index (κ2) is 9.37. The fourth-order valence-corrected chi connectivity index (χ4v) is 3.11. The van der Waals surface area contributed by atoms with Gasteiger partial charge in [0.2, 0.25) is 11.8 Å². The van der Waals surface area contributed by atoms with Crippen molar-refractivity contribution < 1.29 is 9.53 Å². The molecule has 0 spiro atoms. The van der Waals surface area contributed by atoms with Crippen LogP contribution in [0.25, 0.3) is 5.69 Å². The summed E-state index contributed by atoms with van der Waals surface area (Å²) >= 11 is 0. The van der Waals surface area contributed by atoms with E-state index in [-0.39, 0.29) is 12.0 Å². The molecule has 1 amide bonds. The van der Waals surface area contributed by atoms with Gasteiger partial charge in [-0.15, -0.1) is 0 Å². The predicted octanol–water partition coefficient (Wildman–Crippen LogP) is 3.92. The van der Waals surface area contributed by atoms with Gasteiger partial charge in [-0.25, -0.2) is 9.67 Å². The summed E-state index contributed by atoms with van der Waals surface area (Å²) in [4.78, 5) is 16.4. The molecule has 6 heteroatoms. The highest BCUT2D eigenvalue weighted by molar-refractivity contribution is 5.76. The first-order valence-electron chi connectivity index (χ1n) is 9.91. The van der Waals surface area contributed by atoms with Gasteiger partial charge in [-0.2, -0.15) is 5.10 Å². The van der Waals surface area contributed by atoms with Crippen LogP contribution in [0.4, 0.5) is 0 Å². The number of nitrogens with zero attached hydrogens (tertiary/aromatic N) is 3. The molecule has 2 heterocycles. The van der Waals surface area contributed by atoms with Gasteiger partial charge in [-0.05, 0) is 69.5 Å². The second-order valence-corrected chi connectivity index (χ2v) is 7.45. The van der Waals surface area contributed by atoms with Crippen LogP contribution in [0, 0.1) is 13.8 Å². The molecule has 1 aromatic carbocycles. The molecular formula is C23H28N4O2. The minimum atomic E-state index is 0.0239. The SMILES string of the molecule is Cc1cc(C)n(-c2ccc(CCC(=O)NCc3ccnc(OC(C)C)c3)cc2)n1. The highest BCUT2D eigenvalue weighted by Crippen LogP contribution is 2.14. The molecule has 29 heavy (non-hydrogen) atoms. The third-order valence-electron chi connectivity index (χ3n) is 4.48. The number of ether oxygens (including phenoxy) is 1. The van der Waals surface area contributed by atoms with Gasteiger partial charge >= 0.3 is 0 Å². The summed E-state index contributed by atoms with van der Waals surface area (Å²) in [5.41, 5.74) is 5.23. The van der Waals surface area contributed by atoms with Crippen LogP contribution in [0.5, 0.6) is 5.88 Å². The van der Waals surface area contributed by atoms with Crippen LogP contribution in [0.3, 0.4) is 0 Å². The summed E-state index contributed by atoms with van der Waals surface area (Å²) in [5.74, 6) is 0.602. The van der Waals surface area contributed by atoms with Crippen molar-refractivity contribution in [1.82, 2.24) is 20.1 Å². The number of amides is 1. The lowest BCUT2D eigenvalue weighted by atomic mass is 10.1. The Balaban J connectivity index is 1.49. The number of pyridine rings is 1. The van der Waals surface area contributed by atoms with Gasteiger partial charge in [0.05, 0.1) is 17.5 Å². The van der Waals surface area contributed by atoms with Crippen molar-refractivity contribution in [2.24, 2.45) is 0 Å². The molecular weight excluding hydrogens is 364 g/mol. The number of hydrogen-bond donors (Lipinski definition) is 1. The summed E-state index contributed by atoms with van der Waals surface area (Å²) in [6.45, 7) is 8.41. The third-order valence-corrected chi connectivity index (χ3v) is 4.48. The Bertz CT molecular complexity index is 961. The maximum absolute atomic E-state index is 12.2. The molecule has 0 saturated carbocycles. The quantitative estimate of drug-likeness (QED) is 0.631. The number of benzene rings is 1. The first-order valence-corrected chi connectivity index (χ1v) is 9.91. The summed E-state index contributed by atoms with van der Waals surface area (Å²) in [6.07, 6.45) is 2.91.